The van der Waals surface area contributed by atoms with E-state index in [9.17, 15) is 19.2 Å². The van der Waals surface area contributed by atoms with Crippen molar-refractivity contribution in [2.45, 2.75) is 6.04 Å². The highest BCUT2D eigenvalue weighted by Crippen LogP contribution is 2.22. The smallest absolute Gasteiger partial charge is 0.336 e. The summed E-state index contributed by atoms with van der Waals surface area (Å²) >= 11 is 0. The van der Waals surface area contributed by atoms with Gasteiger partial charge in [-0.1, -0.05) is 0 Å². The number of pyridine rings is 1. The third kappa shape index (κ3) is 1.51. The van der Waals surface area contributed by atoms with Gasteiger partial charge >= 0.3 is 5.97 Å². The molecule has 1 aromatic rings. The molecule has 8 nitrogen and oxygen atoms in total. The predicted molar refractivity (Wildman–Crippen MR) is 55.4 cm³/mol. The standard InChI is InChI=1S/C10H7N3O5/c11-7(14)6(10(17)18)13-8(15)4-2-1-3-12-5(4)9(13)16/h1-3,6H,(H2,11,14)(H,17,18). The van der Waals surface area contributed by atoms with Gasteiger partial charge in [0.05, 0.1) is 5.56 Å². The Balaban J connectivity index is 2.51. The molecule has 0 radical (unpaired) electrons. The number of aliphatic carboxylic acids is 1. The normalized spacial score (nSPS) is 15.4. The Hall–Kier alpha value is -2.77. The first-order chi connectivity index (χ1) is 8.45. The molecule has 0 aromatic carbocycles. The van der Waals surface area contributed by atoms with Crippen LogP contribution in [0.4, 0.5) is 0 Å². The topological polar surface area (TPSA) is 131 Å². The molecular weight excluding hydrogens is 242 g/mol. The van der Waals surface area contributed by atoms with E-state index in [1.165, 1.54) is 18.3 Å². The number of carboxylic acid groups (broad SMARTS) is 1. The van der Waals surface area contributed by atoms with Gasteiger partial charge in [0, 0.05) is 6.20 Å². The van der Waals surface area contributed by atoms with Gasteiger partial charge in [-0.2, -0.15) is 0 Å². The Bertz CT molecular complexity index is 534. The maximum Gasteiger partial charge on any atom is 0.336 e. The number of carbonyl (C=O) groups is 4. The molecule has 1 atom stereocenters. The number of hydrogen-bond donors (Lipinski definition) is 2. The lowest BCUT2D eigenvalue weighted by atomic mass is 10.2. The molecule has 0 aliphatic carbocycles. The minimum absolute atomic E-state index is 0.0463. The maximum absolute atomic E-state index is 11.9. The quantitative estimate of drug-likeness (QED) is 0.501. The Morgan fingerprint density at radius 2 is 2.00 bits per heavy atom. The van der Waals surface area contributed by atoms with Crippen LogP contribution in [0, 0.1) is 0 Å². The molecule has 18 heavy (non-hydrogen) atoms. The Morgan fingerprint density at radius 3 is 2.50 bits per heavy atom. The number of carboxylic acids is 1. The van der Waals surface area contributed by atoms with Crippen LogP contribution >= 0.6 is 0 Å². The number of fused-ring (bicyclic) bond motifs is 1. The minimum Gasteiger partial charge on any atom is -0.479 e. The van der Waals surface area contributed by atoms with Crippen LogP contribution in [-0.2, 0) is 9.59 Å². The van der Waals surface area contributed by atoms with Crippen molar-refractivity contribution in [3.05, 3.63) is 29.6 Å². The van der Waals surface area contributed by atoms with E-state index in [0.717, 1.165) is 0 Å². The van der Waals surface area contributed by atoms with Crippen LogP contribution < -0.4 is 5.73 Å². The predicted octanol–water partition coefficient (Wildman–Crippen LogP) is -1.38. The molecule has 3 amide bonds. The second-order valence-electron chi connectivity index (χ2n) is 3.52. The lowest BCUT2D eigenvalue weighted by Gasteiger charge is -2.18. The first-order valence-electron chi connectivity index (χ1n) is 4.80. The summed E-state index contributed by atoms with van der Waals surface area (Å²) in [5.41, 5.74) is 4.66. The van der Waals surface area contributed by atoms with Crippen molar-refractivity contribution < 1.29 is 24.3 Å². The molecule has 2 rings (SSSR count). The fraction of sp³-hybridized carbons (Fsp3) is 0.100. The first-order valence-corrected chi connectivity index (χ1v) is 4.80. The van der Waals surface area contributed by atoms with Crippen molar-refractivity contribution in [3.63, 3.8) is 0 Å². The van der Waals surface area contributed by atoms with Gasteiger partial charge in [-0.05, 0) is 12.1 Å². The van der Waals surface area contributed by atoms with Crippen LogP contribution in [-0.4, -0.2) is 44.7 Å². The monoisotopic (exact) mass is 249 g/mol. The molecule has 1 aromatic heterocycles. The summed E-state index contributed by atoms with van der Waals surface area (Å²) < 4.78 is 0. The average Bonchev–Trinajstić information content (AvgIpc) is 2.55. The van der Waals surface area contributed by atoms with Gasteiger partial charge in [-0.3, -0.25) is 19.4 Å². The van der Waals surface area contributed by atoms with Crippen molar-refractivity contribution in [2.24, 2.45) is 5.73 Å². The van der Waals surface area contributed by atoms with E-state index in [4.69, 9.17) is 10.8 Å². The number of rotatable bonds is 3. The van der Waals surface area contributed by atoms with Crippen molar-refractivity contribution >= 4 is 23.7 Å². The summed E-state index contributed by atoms with van der Waals surface area (Å²) in [6.45, 7) is 0. The van der Waals surface area contributed by atoms with Gasteiger partial charge in [-0.25, -0.2) is 9.69 Å². The fourth-order valence-corrected chi connectivity index (χ4v) is 1.68. The first kappa shape index (κ1) is 11.7. The molecule has 92 valence electrons. The maximum atomic E-state index is 11.9. The van der Waals surface area contributed by atoms with E-state index >= 15 is 0 Å². The summed E-state index contributed by atoms with van der Waals surface area (Å²) in [7, 11) is 0. The molecule has 1 aliphatic heterocycles. The second kappa shape index (κ2) is 3.91. The largest absolute Gasteiger partial charge is 0.479 e. The molecule has 0 saturated carbocycles. The third-order valence-electron chi connectivity index (χ3n) is 2.44. The van der Waals surface area contributed by atoms with E-state index in [0.29, 0.717) is 4.90 Å². The summed E-state index contributed by atoms with van der Waals surface area (Å²) in [6, 6.07) is 0.718. The highest BCUT2D eigenvalue weighted by molar-refractivity contribution is 6.24. The van der Waals surface area contributed by atoms with Gasteiger partial charge in [0.1, 0.15) is 5.69 Å². The van der Waals surface area contributed by atoms with E-state index in [1.807, 2.05) is 0 Å². The van der Waals surface area contributed by atoms with Crippen LogP contribution in [0.5, 0.6) is 0 Å². The molecule has 0 bridgehead atoms. The van der Waals surface area contributed by atoms with Crippen LogP contribution in [0.15, 0.2) is 18.3 Å². The molecular formula is C10H7N3O5. The number of hydrogen-bond acceptors (Lipinski definition) is 5. The Morgan fingerprint density at radius 1 is 1.33 bits per heavy atom. The zero-order valence-corrected chi connectivity index (χ0v) is 8.86. The van der Waals surface area contributed by atoms with Gasteiger partial charge in [0.15, 0.2) is 0 Å². The zero-order chi connectivity index (χ0) is 13.4. The van der Waals surface area contributed by atoms with Gasteiger partial charge in [0.25, 0.3) is 17.7 Å². The lowest BCUT2D eigenvalue weighted by Crippen LogP contribution is -2.52. The van der Waals surface area contributed by atoms with E-state index in [1.54, 1.807) is 0 Å². The number of amides is 3. The average molecular weight is 249 g/mol. The number of nitrogens with zero attached hydrogens (tertiary/aromatic N) is 2. The number of primary amides is 1. The van der Waals surface area contributed by atoms with Gasteiger partial charge in [-0.15, -0.1) is 0 Å². The van der Waals surface area contributed by atoms with Crippen molar-refractivity contribution in [1.29, 1.82) is 0 Å². The van der Waals surface area contributed by atoms with Crippen LogP contribution in [0.3, 0.4) is 0 Å². The van der Waals surface area contributed by atoms with Crippen molar-refractivity contribution in [1.82, 2.24) is 9.88 Å². The molecule has 3 N–H and O–H groups in total. The summed E-state index contributed by atoms with van der Waals surface area (Å²) in [5.74, 6) is -4.80. The van der Waals surface area contributed by atoms with E-state index < -0.39 is 29.7 Å². The SMILES string of the molecule is NC(=O)C(C(=O)O)N1C(=O)c2cccnc2C1=O. The number of imide groups is 1. The fourth-order valence-electron chi connectivity index (χ4n) is 1.68. The van der Waals surface area contributed by atoms with Crippen LogP contribution in [0.2, 0.25) is 0 Å². The minimum atomic E-state index is -2.03. The van der Waals surface area contributed by atoms with Crippen molar-refractivity contribution in [2.75, 3.05) is 0 Å². The molecule has 0 spiro atoms. The highest BCUT2D eigenvalue weighted by Gasteiger charge is 2.46. The molecule has 0 fully saturated rings. The van der Waals surface area contributed by atoms with Crippen molar-refractivity contribution in [3.8, 4) is 0 Å². The van der Waals surface area contributed by atoms with Crippen LogP contribution in [0.1, 0.15) is 20.8 Å². The Labute approximate surface area is 100 Å². The summed E-state index contributed by atoms with van der Waals surface area (Å²) in [5, 5.41) is 8.85. The number of carbonyl (C=O) groups excluding carboxylic acids is 3. The molecule has 2 heterocycles. The second-order valence-corrected chi connectivity index (χ2v) is 3.52. The molecule has 8 heteroatoms. The molecule has 1 aliphatic rings. The summed E-state index contributed by atoms with van der Waals surface area (Å²) in [6.07, 6.45) is 1.29. The van der Waals surface area contributed by atoms with Crippen LogP contribution in [0.25, 0.3) is 0 Å². The lowest BCUT2D eigenvalue weighted by molar-refractivity contribution is -0.145. The Kier molecular flexibility index (Phi) is 2.55. The molecule has 0 saturated heterocycles. The van der Waals surface area contributed by atoms with Gasteiger partial charge in [0.2, 0.25) is 6.04 Å². The number of aromatic nitrogens is 1. The molecule has 1 unspecified atom stereocenters. The van der Waals surface area contributed by atoms with E-state index in [-0.39, 0.29) is 11.3 Å². The zero-order valence-electron chi connectivity index (χ0n) is 8.86. The van der Waals surface area contributed by atoms with Gasteiger partial charge < -0.3 is 10.8 Å². The summed E-state index contributed by atoms with van der Waals surface area (Å²) in [4.78, 5) is 49.6. The highest BCUT2D eigenvalue weighted by atomic mass is 16.4. The van der Waals surface area contributed by atoms with E-state index in [2.05, 4.69) is 4.98 Å². The third-order valence-corrected chi connectivity index (χ3v) is 2.44. The number of nitrogens with two attached hydrogens (primary N) is 1.